The van der Waals surface area contributed by atoms with Gasteiger partial charge >= 0.3 is 0 Å². The summed E-state index contributed by atoms with van der Waals surface area (Å²) in [6.07, 6.45) is 0.804. The second kappa shape index (κ2) is 5.10. The largest absolute Gasteiger partial charge is 0.389 e. The van der Waals surface area contributed by atoms with Gasteiger partial charge in [0.1, 0.15) is 0 Å². The van der Waals surface area contributed by atoms with Gasteiger partial charge in [-0.1, -0.05) is 13.8 Å². The summed E-state index contributed by atoms with van der Waals surface area (Å²) in [5, 5.41) is 9.97. The number of nitrogens with zero attached hydrogens (tertiary/aromatic N) is 1. The Bertz CT molecular complexity index is 171. The van der Waals surface area contributed by atoms with E-state index in [4.69, 9.17) is 4.74 Å². The van der Waals surface area contributed by atoms with Crippen molar-refractivity contribution in [1.82, 2.24) is 4.90 Å². The van der Waals surface area contributed by atoms with Gasteiger partial charge in [-0.05, 0) is 19.3 Å². The Morgan fingerprint density at radius 2 is 2.29 bits per heavy atom. The molecule has 14 heavy (non-hydrogen) atoms. The summed E-state index contributed by atoms with van der Waals surface area (Å²) in [5.41, 5.74) is -0.552. The number of hydrogen-bond donors (Lipinski definition) is 1. The SMILES string of the molecule is CCC(C)(O)CN1CCOCC(C)C1. The highest BCUT2D eigenvalue weighted by Crippen LogP contribution is 2.14. The average molecular weight is 201 g/mol. The number of rotatable bonds is 3. The lowest BCUT2D eigenvalue weighted by Crippen LogP contribution is -2.42. The van der Waals surface area contributed by atoms with Crippen molar-refractivity contribution in [3.63, 3.8) is 0 Å². The topological polar surface area (TPSA) is 32.7 Å². The van der Waals surface area contributed by atoms with Crippen LogP contribution in [0.15, 0.2) is 0 Å². The van der Waals surface area contributed by atoms with E-state index in [2.05, 4.69) is 11.8 Å². The van der Waals surface area contributed by atoms with E-state index < -0.39 is 5.60 Å². The first kappa shape index (κ1) is 12.0. The second-order valence-electron chi connectivity index (χ2n) is 4.77. The highest BCUT2D eigenvalue weighted by atomic mass is 16.5. The third-order valence-corrected chi connectivity index (χ3v) is 2.85. The van der Waals surface area contributed by atoms with Crippen molar-refractivity contribution in [3.8, 4) is 0 Å². The maximum atomic E-state index is 9.97. The van der Waals surface area contributed by atoms with Gasteiger partial charge in [0.05, 0.1) is 18.8 Å². The van der Waals surface area contributed by atoms with Crippen molar-refractivity contribution in [1.29, 1.82) is 0 Å². The normalized spacial score (nSPS) is 29.6. The van der Waals surface area contributed by atoms with E-state index in [1.54, 1.807) is 0 Å². The number of hydrogen-bond acceptors (Lipinski definition) is 3. The second-order valence-corrected chi connectivity index (χ2v) is 4.77. The first-order chi connectivity index (χ1) is 6.53. The van der Waals surface area contributed by atoms with E-state index in [0.717, 1.165) is 39.3 Å². The van der Waals surface area contributed by atoms with Crippen LogP contribution >= 0.6 is 0 Å². The third-order valence-electron chi connectivity index (χ3n) is 2.85. The van der Waals surface area contributed by atoms with Crippen LogP contribution in [-0.4, -0.2) is 48.5 Å². The quantitative estimate of drug-likeness (QED) is 0.742. The molecule has 1 rings (SSSR count). The lowest BCUT2D eigenvalue weighted by Gasteiger charge is -2.30. The molecule has 0 spiro atoms. The van der Waals surface area contributed by atoms with Gasteiger partial charge in [-0.25, -0.2) is 0 Å². The molecule has 1 aliphatic rings. The van der Waals surface area contributed by atoms with Crippen LogP contribution in [0.1, 0.15) is 27.2 Å². The van der Waals surface area contributed by atoms with Crippen molar-refractivity contribution >= 4 is 0 Å². The molecule has 2 atom stereocenters. The molecule has 0 aromatic heterocycles. The summed E-state index contributed by atoms with van der Waals surface area (Å²) >= 11 is 0. The van der Waals surface area contributed by atoms with E-state index in [1.807, 2.05) is 13.8 Å². The molecule has 84 valence electrons. The Morgan fingerprint density at radius 1 is 1.57 bits per heavy atom. The molecule has 0 aliphatic carbocycles. The number of aliphatic hydroxyl groups is 1. The van der Waals surface area contributed by atoms with Crippen molar-refractivity contribution in [3.05, 3.63) is 0 Å². The van der Waals surface area contributed by atoms with Crippen LogP contribution in [0, 0.1) is 5.92 Å². The minimum absolute atomic E-state index is 0.552. The zero-order valence-corrected chi connectivity index (χ0v) is 9.62. The lowest BCUT2D eigenvalue weighted by atomic mass is 10.0. The molecule has 3 nitrogen and oxygen atoms in total. The summed E-state index contributed by atoms with van der Waals surface area (Å²) in [4.78, 5) is 2.31. The molecule has 1 fully saturated rings. The molecule has 0 amide bonds. The molecule has 0 saturated carbocycles. The maximum Gasteiger partial charge on any atom is 0.0743 e. The number of ether oxygens (including phenoxy) is 1. The van der Waals surface area contributed by atoms with Crippen LogP contribution < -0.4 is 0 Å². The van der Waals surface area contributed by atoms with Gasteiger partial charge in [0.2, 0.25) is 0 Å². The summed E-state index contributed by atoms with van der Waals surface area (Å²) < 4.78 is 5.46. The van der Waals surface area contributed by atoms with Crippen LogP contribution in [0.2, 0.25) is 0 Å². The van der Waals surface area contributed by atoms with Crippen molar-refractivity contribution in [2.75, 3.05) is 32.8 Å². The van der Waals surface area contributed by atoms with Crippen LogP contribution in [0.5, 0.6) is 0 Å². The highest BCUT2D eigenvalue weighted by molar-refractivity contribution is 4.77. The molecular formula is C11H23NO2. The molecule has 1 heterocycles. The third kappa shape index (κ3) is 3.95. The summed E-state index contributed by atoms with van der Waals surface area (Å²) in [6, 6.07) is 0. The van der Waals surface area contributed by atoms with Crippen molar-refractivity contribution in [2.45, 2.75) is 32.8 Å². The molecule has 0 aromatic carbocycles. The van der Waals surface area contributed by atoms with E-state index in [1.165, 1.54) is 0 Å². The smallest absolute Gasteiger partial charge is 0.0743 e. The Hall–Kier alpha value is -0.120. The highest BCUT2D eigenvalue weighted by Gasteiger charge is 2.24. The van der Waals surface area contributed by atoms with Crippen LogP contribution in [-0.2, 0) is 4.74 Å². The Labute approximate surface area is 87.1 Å². The van der Waals surface area contributed by atoms with Gasteiger partial charge in [0.15, 0.2) is 0 Å². The van der Waals surface area contributed by atoms with Crippen LogP contribution in [0.3, 0.4) is 0 Å². The van der Waals surface area contributed by atoms with Crippen LogP contribution in [0.4, 0.5) is 0 Å². The predicted octanol–water partition coefficient (Wildman–Crippen LogP) is 1.12. The van der Waals surface area contributed by atoms with Gasteiger partial charge in [0.25, 0.3) is 0 Å². The van der Waals surface area contributed by atoms with Gasteiger partial charge < -0.3 is 9.84 Å². The van der Waals surface area contributed by atoms with Crippen molar-refractivity contribution in [2.24, 2.45) is 5.92 Å². The van der Waals surface area contributed by atoms with Gasteiger partial charge in [0, 0.05) is 19.6 Å². The van der Waals surface area contributed by atoms with Gasteiger partial charge in [-0.15, -0.1) is 0 Å². The minimum atomic E-state index is -0.552. The molecule has 0 aromatic rings. The molecule has 2 unspecified atom stereocenters. The van der Waals surface area contributed by atoms with Crippen molar-refractivity contribution < 1.29 is 9.84 Å². The zero-order chi connectivity index (χ0) is 10.6. The Kier molecular flexibility index (Phi) is 4.35. The number of β-amino-alcohol motifs (C(OH)–C–C–N with tert-alkyl or cyclic N) is 1. The van der Waals surface area contributed by atoms with Gasteiger partial charge in [-0.3, -0.25) is 4.90 Å². The monoisotopic (exact) mass is 201 g/mol. The van der Waals surface area contributed by atoms with E-state index in [-0.39, 0.29) is 0 Å². The molecule has 1 saturated heterocycles. The molecule has 3 heteroatoms. The molecule has 1 aliphatic heterocycles. The lowest BCUT2D eigenvalue weighted by molar-refractivity contribution is 0.0144. The minimum Gasteiger partial charge on any atom is -0.389 e. The van der Waals surface area contributed by atoms with E-state index in [0.29, 0.717) is 5.92 Å². The summed E-state index contributed by atoms with van der Waals surface area (Å²) in [5.74, 6) is 0.574. The standard InChI is InChI=1S/C11H23NO2/c1-4-11(3,13)9-12-5-6-14-8-10(2)7-12/h10,13H,4-9H2,1-3H3. The predicted molar refractivity (Wildman–Crippen MR) is 57.3 cm³/mol. The molecule has 0 bridgehead atoms. The van der Waals surface area contributed by atoms with E-state index in [9.17, 15) is 5.11 Å². The van der Waals surface area contributed by atoms with Gasteiger partial charge in [-0.2, -0.15) is 0 Å². The van der Waals surface area contributed by atoms with E-state index >= 15 is 0 Å². The Balaban J connectivity index is 2.42. The molecular weight excluding hydrogens is 178 g/mol. The average Bonchev–Trinajstić information content (AvgIpc) is 2.29. The fraction of sp³-hybridized carbons (Fsp3) is 1.00. The maximum absolute atomic E-state index is 9.97. The molecule has 1 N–H and O–H groups in total. The first-order valence-corrected chi connectivity index (χ1v) is 5.56. The summed E-state index contributed by atoms with van der Waals surface area (Å²) in [7, 11) is 0. The Morgan fingerprint density at radius 3 is 2.93 bits per heavy atom. The fourth-order valence-electron chi connectivity index (χ4n) is 1.80. The fourth-order valence-corrected chi connectivity index (χ4v) is 1.80. The van der Waals surface area contributed by atoms with Crippen LogP contribution in [0.25, 0.3) is 0 Å². The zero-order valence-electron chi connectivity index (χ0n) is 9.62. The first-order valence-electron chi connectivity index (χ1n) is 5.56. The molecule has 0 radical (unpaired) electrons. The summed E-state index contributed by atoms with van der Waals surface area (Å²) in [6.45, 7) is 10.5.